The Morgan fingerprint density at radius 3 is 2.52 bits per heavy atom. The van der Waals surface area contributed by atoms with Gasteiger partial charge in [0.15, 0.2) is 0 Å². The number of carbonyl (C=O) groups excluding carboxylic acids is 1. The highest BCUT2D eigenvalue weighted by atomic mass is 16.5. The van der Waals surface area contributed by atoms with Crippen LogP contribution in [0.2, 0.25) is 0 Å². The van der Waals surface area contributed by atoms with Crippen LogP contribution in [0.5, 0.6) is 5.75 Å². The molecule has 0 saturated heterocycles. The van der Waals surface area contributed by atoms with E-state index in [0.29, 0.717) is 6.61 Å². The molecule has 0 radical (unpaired) electrons. The number of ether oxygens (including phenoxy) is 1. The fourth-order valence-corrected chi connectivity index (χ4v) is 2.38. The fraction of sp³-hybridized carbons (Fsp3) is 0.250. The molecule has 0 aliphatic rings. The topological polar surface area (TPSA) is 38.3 Å². The number of aryl methyl sites for hydroxylation is 2. The number of hydrogen-bond donors (Lipinski definition) is 1. The molecule has 120 valence electrons. The quantitative estimate of drug-likeness (QED) is 0.791. The summed E-state index contributed by atoms with van der Waals surface area (Å²) < 4.78 is 5.40. The number of rotatable bonds is 6. The van der Waals surface area contributed by atoms with E-state index in [2.05, 4.69) is 12.2 Å². The lowest BCUT2D eigenvalue weighted by atomic mass is 10.1. The van der Waals surface area contributed by atoms with E-state index in [1.54, 1.807) is 12.2 Å². The minimum Gasteiger partial charge on any atom is -0.494 e. The Bertz CT molecular complexity index is 687. The summed E-state index contributed by atoms with van der Waals surface area (Å²) in [5.74, 6) is 0.712. The van der Waals surface area contributed by atoms with E-state index in [9.17, 15) is 4.79 Å². The second kappa shape index (κ2) is 8.18. The minimum absolute atomic E-state index is 0.122. The Morgan fingerprint density at radius 1 is 1.13 bits per heavy atom. The van der Waals surface area contributed by atoms with Crippen LogP contribution < -0.4 is 10.1 Å². The van der Waals surface area contributed by atoms with Crippen LogP contribution in [0.15, 0.2) is 48.5 Å². The zero-order valence-electron chi connectivity index (χ0n) is 13.9. The normalized spacial score (nSPS) is 10.7. The highest BCUT2D eigenvalue weighted by Crippen LogP contribution is 2.21. The molecule has 0 aliphatic heterocycles. The van der Waals surface area contributed by atoms with Crippen molar-refractivity contribution >= 4 is 17.7 Å². The van der Waals surface area contributed by atoms with Gasteiger partial charge in [0.1, 0.15) is 5.75 Å². The monoisotopic (exact) mass is 309 g/mol. The molecule has 0 unspecified atom stereocenters. The number of carbonyl (C=O) groups is 1. The van der Waals surface area contributed by atoms with Crippen molar-refractivity contribution in [2.45, 2.75) is 27.2 Å². The SMILES string of the molecule is CCOc1ccc(/C=C/C(=O)Nc2c(C)cccc2CC)cc1. The van der Waals surface area contributed by atoms with Crippen LogP contribution in [-0.4, -0.2) is 12.5 Å². The van der Waals surface area contributed by atoms with Crippen molar-refractivity contribution in [3.8, 4) is 5.75 Å². The molecule has 0 saturated carbocycles. The summed E-state index contributed by atoms with van der Waals surface area (Å²) in [5, 5.41) is 2.98. The molecule has 0 aromatic heterocycles. The van der Waals surface area contributed by atoms with Gasteiger partial charge in [-0.2, -0.15) is 0 Å². The maximum Gasteiger partial charge on any atom is 0.248 e. The van der Waals surface area contributed by atoms with Crippen LogP contribution in [0.3, 0.4) is 0 Å². The molecule has 23 heavy (non-hydrogen) atoms. The maximum atomic E-state index is 12.2. The van der Waals surface area contributed by atoms with Crippen LogP contribution in [-0.2, 0) is 11.2 Å². The summed E-state index contributed by atoms with van der Waals surface area (Å²) in [5.41, 5.74) is 4.10. The molecule has 2 aromatic rings. The highest BCUT2D eigenvalue weighted by Gasteiger charge is 2.06. The summed E-state index contributed by atoms with van der Waals surface area (Å²) in [7, 11) is 0. The molecule has 3 heteroatoms. The zero-order chi connectivity index (χ0) is 16.7. The molecule has 0 heterocycles. The standard InChI is InChI=1S/C20H23NO2/c1-4-17-8-6-7-15(3)20(17)21-19(22)14-11-16-9-12-18(13-10-16)23-5-2/h6-14H,4-5H2,1-3H3,(H,21,22)/b14-11+. The van der Waals surface area contributed by atoms with Gasteiger partial charge in [-0.3, -0.25) is 4.79 Å². The van der Waals surface area contributed by atoms with Gasteiger partial charge in [0.2, 0.25) is 5.91 Å². The van der Waals surface area contributed by atoms with Crippen molar-refractivity contribution in [3.63, 3.8) is 0 Å². The second-order valence-electron chi connectivity index (χ2n) is 5.29. The molecule has 0 spiro atoms. The number of para-hydroxylation sites is 1. The Morgan fingerprint density at radius 2 is 1.87 bits per heavy atom. The van der Waals surface area contributed by atoms with Gasteiger partial charge < -0.3 is 10.1 Å². The molecule has 2 rings (SSSR count). The average molecular weight is 309 g/mol. The molecular formula is C20H23NO2. The third-order valence-corrected chi connectivity index (χ3v) is 3.61. The van der Waals surface area contributed by atoms with Gasteiger partial charge in [0.05, 0.1) is 6.61 Å². The number of anilines is 1. The number of amides is 1. The van der Waals surface area contributed by atoms with Gasteiger partial charge in [-0.25, -0.2) is 0 Å². The minimum atomic E-state index is -0.122. The lowest BCUT2D eigenvalue weighted by Crippen LogP contribution is -2.11. The van der Waals surface area contributed by atoms with Crippen LogP contribution in [0.1, 0.15) is 30.5 Å². The van der Waals surface area contributed by atoms with Gasteiger partial charge in [0, 0.05) is 11.8 Å². The Balaban J connectivity index is 2.04. The molecule has 3 nitrogen and oxygen atoms in total. The van der Waals surface area contributed by atoms with E-state index in [1.807, 2.05) is 56.3 Å². The first kappa shape index (κ1) is 16.8. The average Bonchev–Trinajstić information content (AvgIpc) is 2.56. The summed E-state index contributed by atoms with van der Waals surface area (Å²) >= 11 is 0. The highest BCUT2D eigenvalue weighted by molar-refractivity contribution is 6.02. The van der Waals surface area contributed by atoms with Gasteiger partial charge in [0.25, 0.3) is 0 Å². The van der Waals surface area contributed by atoms with Crippen LogP contribution in [0, 0.1) is 6.92 Å². The zero-order valence-corrected chi connectivity index (χ0v) is 13.9. The third kappa shape index (κ3) is 4.71. The summed E-state index contributed by atoms with van der Waals surface area (Å²) in [6, 6.07) is 13.7. The lowest BCUT2D eigenvalue weighted by Gasteiger charge is -2.11. The summed E-state index contributed by atoms with van der Waals surface area (Å²) in [6.07, 6.45) is 4.25. The van der Waals surface area contributed by atoms with Crippen LogP contribution in [0.25, 0.3) is 6.08 Å². The predicted octanol–water partition coefficient (Wildman–Crippen LogP) is 4.61. The molecule has 0 bridgehead atoms. The first-order chi connectivity index (χ1) is 11.1. The molecule has 0 fully saturated rings. The van der Waals surface area contributed by atoms with E-state index < -0.39 is 0 Å². The smallest absolute Gasteiger partial charge is 0.248 e. The molecular weight excluding hydrogens is 286 g/mol. The Kier molecular flexibility index (Phi) is 5.98. The third-order valence-electron chi connectivity index (χ3n) is 3.61. The van der Waals surface area contributed by atoms with Crippen molar-refractivity contribution in [1.82, 2.24) is 0 Å². The van der Waals surface area contributed by atoms with Crippen molar-refractivity contribution in [1.29, 1.82) is 0 Å². The molecule has 2 aromatic carbocycles. The maximum absolute atomic E-state index is 12.2. The van der Waals surface area contributed by atoms with Gasteiger partial charge >= 0.3 is 0 Å². The van der Waals surface area contributed by atoms with E-state index >= 15 is 0 Å². The van der Waals surface area contributed by atoms with Gasteiger partial charge in [-0.05, 0) is 55.2 Å². The molecule has 1 N–H and O–H groups in total. The lowest BCUT2D eigenvalue weighted by molar-refractivity contribution is -0.111. The predicted molar refractivity (Wildman–Crippen MR) is 95.8 cm³/mol. The van der Waals surface area contributed by atoms with Gasteiger partial charge in [-0.1, -0.05) is 37.3 Å². The first-order valence-electron chi connectivity index (χ1n) is 7.94. The van der Waals surface area contributed by atoms with E-state index in [-0.39, 0.29) is 5.91 Å². The summed E-state index contributed by atoms with van der Waals surface area (Å²) in [4.78, 5) is 12.2. The molecule has 0 atom stereocenters. The van der Waals surface area contributed by atoms with Crippen LogP contribution >= 0.6 is 0 Å². The largest absolute Gasteiger partial charge is 0.494 e. The van der Waals surface area contributed by atoms with Crippen molar-refractivity contribution in [2.24, 2.45) is 0 Å². The summed E-state index contributed by atoms with van der Waals surface area (Å²) in [6.45, 7) is 6.69. The van der Waals surface area contributed by atoms with Crippen molar-refractivity contribution < 1.29 is 9.53 Å². The Labute approximate surface area is 138 Å². The molecule has 1 amide bonds. The molecule has 0 aliphatic carbocycles. The van der Waals surface area contributed by atoms with Crippen molar-refractivity contribution in [2.75, 3.05) is 11.9 Å². The number of hydrogen-bond acceptors (Lipinski definition) is 2. The number of benzene rings is 2. The van der Waals surface area contributed by atoms with Gasteiger partial charge in [-0.15, -0.1) is 0 Å². The second-order valence-corrected chi connectivity index (χ2v) is 5.29. The van der Waals surface area contributed by atoms with Crippen molar-refractivity contribution in [3.05, 3.63) is 65.2 Å². The van der Waals surface area contributed by atoms with E-state index in [4.69, 9.17) is 4.74 Å². The van der Waals surface area contributed by atoms with E-state index in [1.165, 1.54) is 0 Å². The van der Waals surface area contributed by atoms with E-state index in [0.717, 1.165) is 34.5 Å². The Hall–Kier alpha value is -2.55. The first-order valence-corrected chi connectivity index (χ1v) is 7.94. The number of nitrogens with one attached hydrogen (secondary N) is 1. The van der Waals surface area contributed by atoms with Crippen LogP contribution in [0.4, 0.5) is 5.69 Å². The fourth-order valence-electron chi connectivity index (χ4n) is 2.38.